The van der Waals surface area contributed by atoms with Gasteiger partial charge in [-0.1, -0.05) is 25.3 Å². The number of aliphatic hydroxyl groups excluding tert-OH is 1. The first-order valence-corrected chi connectivity index (χ1v) is 7.71. The third-order valence-electron chi connectivity index (χ3n) is 5.40. The average Bonchev–Trinajstić information content (AvgIpc) is 2.89. The molecule has 0 aliphatic heterocycles. The van der Waals surface area contributed by atoms with Crippen LogP contribution < -0.4 is 0 Å². The van der Waals surface area contributed by atoms with Crippen LogP contribution in [-0.2, 0) is 0 Å². The predicted molar refractivity (Wildman–Crippen MR) is 70.7 cm³/mol. The van der Waals surface area contributed by atoms with Crippen molar-refractivity contribution in [3.8, 4) is 0 Å². The minimum absolute atomic E-state index is 0.0941. The highest BCUT2D eigenvalue weighted by Crippen LogP contribution is 2.50. The van der Waals surface area contributed by atoms with Gasteiger partial charge in [0.2, 0.25) is 0 Å². The lowest BCUT2D eigenvalue weighted by atomic mass is 9.80. The molecule has 3 aliphatic rings. The molecule has 0 heterocycles. The van der Waals surface area contributed by atoms with E-state index in [1.54, 1.807) is 0 Å². The summed E-state index contributed by atoms with van der Waals surface area (Å²) in [5.74, 6) is 2.41. The van der Waals surface area contributed by atoms with E-state index in [-0.39, 0.29) is 6.10 Å². The fourth-order valence-corrected chi connectivity index (χ4v) is 4.44. The van der Waals surface area contributed by atoms with Gasteiger partial charge in [0, 0.05) is 0 Å². The second kappa shape index (κ2) is 5.14. The van der Waals surface area contributed by atoms with Gasteiger partial charge >= 0.3 is 0 Å². The first-order chi connectivity index (χ1) is 8.34. The first kappa shape index (κ1) is 11.8. The minimum atomic E-state index is -0.0941. The van der Waals surface area contributed by atoms with E-state index >= 15 is 0 Å². The molecule has 96 valence electrons. The molecule has 3 aliphatic carbocycles. The van der Waals surface area contributed by atoms with Crippen molar-refractivity contribution in [2.45, 2.75) is 70.3 Å². The molecule has 0 radical (unpaired) electrons. The van der Waals surface area contributed by atoms with Gasteiger partial charge in [-0.2, -0.15) is 0 Å². The Bertz CT molecular complexity index is 294. The van der Waals surface area contributed by atoms with E-state index in [0.717, 1.165) is 18.3 Å². The van der Waals surface area contributed by atoms with Gasteiger partial charge in [-0.25, -0.2) is 0 Å². The molecule has 1 heteroatoms. The van der Waals surface area contributed by atoms with Crippen LogP contribution in [0, 0.1) is 17.8 Å². The fraction of sp³-hybridized carbons (Fsp3) is 0.875. The van der Waals surface area contributed by atoms with E-state index in [0.29, 0.717) is 5.92 Å². The summed E-state index contributed by atoms with van der Waals surface area (Å²) in [5.41, 5.74) is 1.39. The summed E-state index contributed by atoms with van der Waals surface area (Å²) in [4.78, 5) is 0. The molecule has 1 N–H and O–H groups in total. The fourth-order valence-electron chi connectivity index (χ4n) is 4.44. The van der Waals surface area contributed by atoms with E-state index in [1.807, 2.05) is 0 Å². The molecule has 0 amide bonds. The van der Waals surface area contributed by atoms with Crippen molar-refractivity contribution < 1.29 is 5.11 Å². The molecule has 0 saturated heterocycles. The summed E-state index contributed by atoms with van der Waals surface area (Å²) < 4.78 is 0. The molecule has 4 unspecified atom stereocenters. The van der Waals surface area contributed by atoms with Gasteiger partial charge in [-0.15, -0.1) is 0 Å². The molecule has 17 heavy (non-hydrogen) atoms. The number of fused-ring (bicyclic) bond motifs is 2. The minimum Gasteiger partial charge on any atom is -0.388 e. The van der Waals surface area contributed by atoms with Crippen molar-refractivity contribution in [3.05, 3.63) is 11.6 Å². The maximum Gasteiger partial charge on any atom is 0.0781 e. The maximum absolute atomic E-state index is 10.6. The number of aliphatic hydroxyl groups is 1. The molecule has 0 spiro atoms. The summed E-state index contributed by atoms with van der Waals surface area (Å²) in [6, 6.07) is 0. The van der Waals surface area contributed by atoms with Gasteiger partial charge in [0.15, 0.2) is 0 Å². The van der Waals surface area contributed by atoms with Crippen molar-refractivity contribution in [3.63, 3.8) is 0 Å². The second-order valence-electron chi connectivity index (χ2n) is 6.52. The van der Waals surface area contributed by atoms with Crippen molar-refractivity contribution in [2.24, 2.45) is 17.8 Å². The number of hydrogen-bond acceptors (Lipinski definition) is 1. The lowest BCUT2D eigenvalue weighted by molar-refractivity contribution is 0.100. The third-order valence-corrected chi connectivity index (χ3v) is 5.40. The highest BCUT2D eigenvalue weighted by molar-refractivity contribution is 5.13. The second-order valence-corrected chi connectivity index (χ2v) is 6.52. The zero-order valence-corrected chi connectivity index (χ0v) is 10.9. The molecule has 4 atom stereocenters. The molecule has 0 aromatic rings. The van der Waals surface area contributed by atoms with Crippen LogP contribution in [0.5, 0.6) is 0 Å². The molecule has 3 rings (SSSR count). The lowest BCUT2D eigenvalue weighted by Gasteiger charge is -2.29. The van der Waals surface area contributed by atoms with Crippen molar-refractivity contribution in [1.29, 1.82) is 0 Å². The smallest absolute Gasteiger partial charge is 0.0781 e. The third kappa shape index (κ3) is 2.45. The molecule has 0 aromatic heterocycles. The van der Waals surface area contributed by atoms with Crippen LogP contribution in [0.15, 0.2) is 11.6 Å². The first-order valence-electron chi connectivity index (χ1n) is 7.71. The standard InChI is InChI=1S/C16H26O/c17-16(13-6-4-2-1-3-5-7-13)15-11-12-8-9-14(15)10-12/h6,12,14-17H,1-5,7-11H2. The molecular formula is C16H26O. The summed E-state index contributed by atoms with van der Waals surface area (Å²) >= 11 is 0. The highest BCUT2D eigenvalue weighted by Gasteiger charge is 2.43. The Hall–Kier alpha value is -0.300. The summed E-state index contributed by atoms with van der Waals surface area (Å²) in [6.45, 7) is 0. The Morgan fingerprint density at radius 2 is 1.94 bits per heavy atom. The van der Waals surface area contributed by atoms with E-state index in [9.17, 15) is 5.11 Å². The zero-order chi connectivity index (χ0) is 11.7. The molecule has 1 nitrogen and oxygen atoms in total. The monoisotopic (exact) mass is 234 g/mol. The lowest BCUT2D eigenvalue weighted by Crippen LogP contribution is -2.27. The van der Waals surface area contributed by atoms with Gasteiger partial charge in [-0.05, 0) is 68.3 Å². The van der Waals surface area contributed by atoms with Crippen LogP contribution in [0.2, 0.25) is 0 Å². The summed E-state index contributed by atoms with van der Waals surface area (Å²) in [5, 5.41) is 10.6. The Labute approximate surface area is 105 Å². The molecule has 2 bridgehead atoms. The quantitative estimate of drug-likeness (QED) is 0.714. The molecule has 2 fully saturated rings. The van der Waals surface area contributed by atoms with E-state index < -0.39 is 0 Å². The van der Waals surface area contributed by atoms with Gasteiger partial charge < -0.3 is 5.11 Å². The molecular weight excluding hydrogens is 208 g/mol. The molecule has 2 saturated carbocycles. The van der Waals surface area contributed by atoms with Crippen molar-refractivity contribution in [1.82, 2.24) is 0 Å². The number of hydrogen-bond donors (Lipinski definition) is 1. The van der Waals surface area contributed by atoms with Gasteiger partial charge in [-0.3, -0.25) is 0 Å². The Morgan fingerprint density at radius 1 is 1.06 bits per heavy atom. The predicted octanol–water partition coefficient (Wildman–Crippen LogP) is 4.06. The topological polar surface area (TPSA) is 20.2 Å². The van der Waals surface area contributed by atoms with Crippen LogP contribution in [0.1, 0.15) is 64.2 Å². The number of rotatable bonds is 2. The maximum atomic E-state index is 10.6. The van der Waals surface area contributed by atoms with Crippen LogP contribution in [0.3, 0.4) is 0 Å². The van der Waals surface area contributed by atoms with Gasteiger partial charge in [0.1, 0.15) is 0 Å². The van der Waals surface area contributed by atoms with Gasteiger partial charge in [0.05, 0.1) is 6.10 Å². The van der Waals surface area contributed by atoms with Crippen LogP contribution in [-0.4, -0.2) is 11.2 Å². The van der Waals surface area contributed by atoms with Crippen LogP contribution >= 0.6 is 0 Å². The van der Waals surface area contributed by atoms with E-state index in [4.69, 9.17) is 0 Å². The Morgan fingerprint density at radius 3 is 2.71 bits per heavy atom. The SMILES string of the molecule is OC(C1=CCCCCCC1)C1CC2CCC1C2. The van der Waals surface area contributed by atoms with Crippen LogP contribution in [0.4, 0.5) is 0 Å². The van der Waals surface area contributed by atoms with Crippen molar-refractivity contribution >= 4 is 0 Å². The normalized spacial score (nSPS) is 39.6. The van der Waals surface area contributed by atoms with E-state index in [2.05, 4.69) is 6.08 Å². The summed E-state index contributed by atoms with van der Waals surface area (Å²) in [6.07, 6.45) is 15.6. The average molecular weight is 234 g/mol. The number of allylic oxidation sites excluding steroid dienone is 1. The zero-order valence-electron chi connectivity index (χ0n) is 10.9. The highest BCUT2D eigenvalue weighted by atomic mass is 16.3. The molecule has 0 aromatic carbocycles. The largest absolute Gasteiger partial charge is 0.388 e. The van der Waals surface area contributed by atoms with Crippen molar-refractivity contribution in [2.75, 3.05) is 0 Å². The van der Waals surface area contributed by atoms with E-state index in [1.165, 1.54) is 63.4 Å². The Balaban J connectivity index is 1.66. The Kier molecular flexibility index (Phi) is 3.56. The van der Waals surface area contributed by atoms with Crippen LogP contribution in [0.25, 0.3) is 0 Å². The summed E-state index contributed by atoms with van der Waals surface area (Å²) in [7, 11) is 0. The van der Waals surface area contributed by atoms with Gasteiger partial charge in [0.25, 0.3) is 0 Å².